The molecule has 0 saturated carbocycles. The lowest BCUT2D eigenvalue weighted by Crippen LogP contribution is -2.53. The maximum absolute atomic E-state index is 14.7. The first kappa shape index (κ1) is 28.8. The average Bonchev–Trinajstić information content (AvgIpc) is 2.90. The second-order valence-corrected chi connectivity index (χ2v) is 10.9. The summed E-state index contributed by atoms with van der Waals surface area (Å²) in [5, 5.41) is 2.78. The molecule has 3 aromatic rings. The molecule has 0 spiro atoms. The first-order valence-electron chi connectivity index (χ1n) is 12.6. The monoisotopic (exact) mass is 539 g/mol. The zero-order valence-electron chi connectivity index (χ0n) is 21.9. The summed E-state index contributed by atoms with van der Waals surface area (Å²) in [7, 11) is -3.86. The van der Waals surface area contributed by atoms with Crippen molar-refractivity contribution < 1.29 is 22.4 Å². The fraction of sp³-hybridized carbons (Fsp3) is 0.310. The van der Waals surface area contributed by atoms with Crippen LogP contribution in [0.5, 0.6) is 0 Å². The summed E-state index contributed by atoms with van der Waals surface area (Å²) < 4.78 is 41.5. The number of sulfonamides is 1. The highest BCUT2D eigenvalue weighted by Gasteiger charge is 2.33. The third kappa shape index (κ3) is 7.41. The van der Waals surface area contributed by atoms with Crippen LogP contribution in [-0.4, -0.2) is 50.5 Å². The molecule has 0 bridgehead atoms. The Bertz CT molecular complexity index is 1350. The first-order chi connectivity index (χ1) is 18.2. The maximum Gasteiger partial charge on any atom is 0.244 e. The minimum absolute atomic E-state index is 0.178. The van der Waals surface area contributed by atoms with Crippen molar-refractivity contribution in [2.24, 2.45) is 0 Å². The number of nitrogens with one attached hydrogen (secondary N) is 1. The fourth-order valence-corrected chi connectivity index (χ4v) is 5.18. The summed E-state index contributed by atoms with van der Waals surface area (Å²) in [6.07, 6.45) is 1.78. The van der Waals surface area contributed by atoms with Gasteiger partial charge in [0.25, 0.3) is 0 Å². The van der Waals surface area contributed by atoms with Crippen molar-refractivity contribution in [1.82, 2.24) is 10.2 Å². The topological polar surface area (TPSA) is 86.8 Å². The molecule has 0 aromatic heterocycles. The van der Waals surface area contributed by atoms with E-state index in [1.54, 1.807) is 43.3 Å². The number of likely N-dealkylation sites (N-methyl/N-ethyl adjacent to an activating group) is 1. The number of carbonyl (C=O) groups excluding carboxylic acids is 2. The van der Waals surface area contributed by atoms with E-state index in [1.807, 2.05) is 43.3 Å². The molecule has 7 nitrogen and oxygen atoms in total. The number of rotatable bonds is 12. The van der Waals surface area contributed by atoms with Crippen molar-refractivity contribution in [1.29, 1.82) is 0 Å². The van der Waals surface area contributed by atoms with Gasteiger partial charge < -0.3 is 10.2 Å². The molecule has 3 aromatic carbocycles. The molecule has 1 atom stereocenters. The Hall–Kier alpha value is -3.72. The lowest BCUT2D eigenvalue weighted by molar-refractivity contribution is -0.140. The second-order valence-electron chi connectivity index (χ2n) is 8.97. The van der Waals surface area contributed by atoms with Crippen molar-refractivity contribution in [2.75, 3.05) is 23.7 Å². The van der Waals surface area contributed by atoms with Crippen LogP contribution in [0.1, 0.15) is 30.5 Å². The number of nitrogens with zero attached hydrogens (tertiary/aromatic N) is 2. The summed E-state index contributed by atoms with van der Waals surface area (Å²) in [5.41, 5.74) is 2.19. The molecule has 0 unspecified atom stereocenters. The van der Waals surface area contributed by atoms with Crippen LogP contribution < -0.4 is 9.62 Å². The van der Waals surface area contributed by atoms with Gasteiger partial charge in [0.05, 0.1) is 11.9 Å². The van der Waals surface area contributed by atoms with Crippen LogP contribution in [0.15, 0.2) is 78.9 Å². The Balaban J connectivity index is 2.07. The van der Waals surface area contributed by atoms with Crippen LogP contribution in [0.4, 0.5) is 10.1 Å². The van der Waals surface area contributed by atoms with Crippen molar-refractivity contribution >= 4 is 27.5 Å². The van der Waals surface area contributed by atoms with E-state index >= 15 is 0 Å². The second kappa shape index (κ2) is 13.2. The normalized spacial score (nSPS) is 12.0. The van der Waals surface area contributed by atoms with Gasteiger partial charge >= 0.3 is 0 Å². The summed E-state index contributed by atoms with van der Waals surface area (Å²) in [4.78, 5) is 28.5. The van der Waals surface area contributed by atoms with E-state index in [9.17, 15) is 22.4 Å². The molecule has 0 aliphatic carbocycles. The largest absolute Gasteiger partial charge is 0.355 e. The molecule has 0 aliphatic rings. The van der Waals surface area contributed by atoms with E-state index in [-0.39, 0.29) is 18.5 Å². The van der Waals surface area contributed by atoms with Gasteiger partial charge in [0, 0.05) is 25.1 Å². The van der Waals surface area contributed by atoms with Crippen molar-refractivity contribution in [3.8, 4) is 0 Å². The zero-order valence-corrected chi connectivity index (χ0v) is 22.7. The van der Waals surface area contributed by atoms with E-state index in [1.165, 1.54) is 11.0 Å². The van der Waals surface area contributed by atoms with Crippen LogP contribution >= 0.6 is 0 Å². The molecular weight excluding hydrogens is 505 g/mol. The molecule has 202 valence electrons. The van der Waals surface area contributed by atoms with Gasteiger partial charge in [-0.3, -0.25) is 13.9 Å². The maximum atomic E-state index is 14.7. The highest BCUT2D eigenvalue weighted by Crippen LogP contribution is 2.25. The molecule has 0 heterocycles. The van der Waals surface area contributed by atoms with Crippen LogP contribution in [0.25, 0.3) is 0 Å². The van der Waals surface area contributed by atoms with Gasteiger partial charge in [-0.15, -0.1) is 0 Å². The van der Waals surface area contributed by atoms with Crippen molar-refractivity contribution in [3.63, 3.8) is 0 Å². The fourth-order valence-electron chi connectivity index (χ4n) is 4.30. The molecular formula is C29H34FN3O4S. The van der Waals surface area contributed by atoms with Gasteiger partial charge in [0.1, 0.15) is 18.4 Å². The third-order valence-corrected chi connectivity index (χ3v) is 7.37. The highest BCUT2D eigenvalue weighted by molar-refractivity contribution is 7.92. The average molecular weight is 540 g/mol. The van der Waals surface area contributed by atoms with E-state index < -0.39 is 40.2 Å². The summed E-state index contributed by atoms with van der Waals surface area (Å²) in [6.45, 7) is 3.28. The number of carbonyl (C=O) groups is 2. The number of aryl methyl sites for hydroxylation is 1. The minimum Gasteiger partial charge on any atom is -0.355 e. The summed E-state index contributed by atoms with van der Waals surface area (Å²) >= 11 is 0. The van der Waals surface area contributed by atoms with E-state index in [4.69, 9.17) is 0 Å². The van der Waals surface area contributed by atoms with Gasteiger partial charge in [-0.1, -0.05) is 73.7 Å². The number of halogens is 1. The van der Waals surface area contributed by atoms with Crippen molar-refractivity contribution in [3.05, 3.63) is 101 Å². The quantitative estimate of drug-likeness (QED) is 0.378. The van der Waals surface area contributed by atoms with Crippen LogP contribution in [0, 0.1) is 5.82 Å². The number of benzene rings is 3. The third-order valence-electron chi connectivity index (χ3n) is 6.24. The van der Waals surface area contributed by atoms with E-state index in [2.05, 4.69) is 5.32 Å². The highest BCUT2D eigenvalue weighted by atomic mass is 32.2. The lowest BCUT2D eigenvalue weighted by Gasteiger charge is -2.34. The van der Waals surface area contributed by atoms with Crippen LogP contribution in [-0.2, 0) is 39.0 Å². The Morgan fingerprint density at radius 1 is 0.895 bits per heavy atom. The molecule has 1 N–H and O–H groups in total. The number of hydrogen-bond acceptors (Lipinski definition) is 4. The van der Waals surface area contributed by atoms with Gasteiger partial charge in [0.2, 0.25) is 21.8 Å². The Kier molecular flexibility index (Phi) is 10.0. The lowest BCUT2D eigenvalue weighted by atomic mass is 10.0. The SMILES string of the molecule is CCNC(=O)[C@@H](Cc1ccccc1)N(Cc1ccccc1F)C(=O)CN(c1ccccc1CC)S(C)(=O)=O. The molecule has 0 aliphatic heterocycles. The molecule has 0 saturated heterocycles. The molecule has 9 heteroatoms. The van der Waals surface area contributed by atoms with Gasteiger partial charge in [-0.05, 0) is 36.6 Å². The van der Waals surface area contributed by atoms with Crippen LogP contribution in [0.3, 0.4) is 0 Å². The predicted octanol–water partition coefficient (Wildman–Crippen LogP) is 3.93. The number of anilines is 1. The van der Waals surface area contributed by atoms with Crippen LogP contribution in [0.2, 0.25) is 0 Å². The Morgan fingerprint density at radius 2 is 1.50 bits per heavy atom. The summed E-state index contributed by atoms with van der Waals surface area (Å²) in [6, 6.07) is 21.2. The minimum atomic E-state index is -3.86. The smallest absolute Gasteiger partial charge is 0.244 e. The van der Waals surface area contributed by atoms with Gasteiger partial charge in [-0.25, -0.2) is 12.8 Å². The molecule has 3 rings (SSSR count). The number of amides is 2. The van der Waals surface area contributed by atoms with Crippen molar-refractivity contribution in [2.45, 2.75) is 39.3 Å². The molecule has 0 radical (unpaired) electrons. The van der Waals surface area contributed by atoms with Gasteiger partial charge in [0.15, 0.2) is 0 Å². The Labute approximate surface area is 224 Å². The standard InChI is InChI=1S/C29H34FN3O4S/c1-4-23-15-10-12-18-26(23)33(38(3,36)37)21-28(34)32(20-24-16-9-11-17-25(24)30)27(29(35)31-5-2)19-22-13-7-6-8-14-22/h6-18,27H,4-5,19-21H2,1-3H3,(H,31,35)/t27-/m1/s1. The van der Waals surface area contributed by atoms with Gasteiger partial charge in [-0.2, -0.15) is 0 Å². The predicted molar refractivity (Wildman–Crippen MR) is 148 cm³/mol. The zero-order chi connectivity index (χ0) is 27.7. The summed E-state index contributed by atoms with van der Waals surface area (Å²) in [5.74, 6) is -1.53. The number of hydrogen-bond donors (Lipinski definition) is 1. The first-order valence-corrected chi connectivity index (χ1v) is 14.4. The number of para-hydroxylation sites is 1. The molecule has 38 heavy (non-hydrogen) atoms. The Morgan fingerprint density at radius 3 is 2.11 bits per heavy atom. The van der Waals surface area contributed by atoms with E-state index in [0.29, 0.717) is 18.7 Å². The van der Waals surface area contributed by atoms with E-state index in [0.717, 1.165) is 21.7 Å². The molecule has 0 fully saturated rings. The molecule has 2 amide bonds.